The number of nitrogens with zero attached hydrogens (tertiary/aromatic N) is 1. The van der Waals surface area contributed by atoms with Crippen molar-refractivity contribution in [3.8, 4) is 6.07 Å². The average molecular weight is 269 g/mol. The molecular weight excluding hydrogens is 255 g/mol. The molecule has 0 spiro atoms. The summed E-state index contributed by atoms with van der Waals surface area (Å²) in [7, 11) is 0. The van der Waals surface area contributed by atoms with Gasteiger partial charge in [-0.1, -0.05) is 25.4 Å². The highest BCUT2D eigenvalue weighted by atomic mass is 35.5. The predicted molar refractivity (Wildman–Crippen MR) is 68.7 cm³/mol. The van der Waals surface area contributed by atoms with Crippen molar-refractivity contribution in [1.29, 1.82) is 5.26 Å². The van der Waals surface area contributed by atoms with Crippen LogP contribution in [0.3, 0.4) is 0 Å². The molecule has 0 saturated carbocycles. The van der Waals surface area contributed by atoms with Gasteiger partial charge in [-0.2, -0.15) is 5.26 Å². The summed E-state index contributed by atoms with van der Waals surface area (Å²) in [5.41, 5.74) is -0.762. The second-order valence-electron chi connectivity index (χ2n) is 3.98. The van der Waals surface area contributed by atoms with Crippen LogP contribution in [0.2, 0.25) is 5.02 Å². The van der Waals surface area contributed by atoms with E-state index in [4.69, 9.17) is 16.9 Å². The van der Waals surface area contributed by atoms with E-state index in [2.05, 4.69) is 5.32 Å². The zero-order chi connectivity index (χ0) is 13.8. The number of halogens is 2. The van der Waals surface area contributed by atoms with Crippen LogP contribution in [0.5, 0.6) is 0 Å². The molecule has 0 bridgehead atoms. The van der Waals surface area contributed by atoms with E-state index < -0.39 is 17.1 Å². The van der Waals surface area contributed by atoms with Gasteiger partial charge in [-0.05, 0) is 31.0 Å². The minimum absolute atomic E-state index is 0.113. The van der Waals surface area contributed by atoms with Gasteiger partial charge in [0.1, 0.15) is 11.2 Å². The molecule has 96 valence electrons. The van der Waals surface area contributed by atoms with Crippen LogP contribution >= 0.6 is 11.6 Å². The second kappa shape index (κ2) is 5.83. The second-order valence-corrected chi connectivity index (χ2v) is 4.39. The van der Waals surface area contributed by atoms with Gasteiger partial charge in [-0.25, -0.2) is 4.39 Å². The van der Waals surface area contributed by atoms with E-state index in [1.807, 2.05) is 6.07 Å². The predicted octanol–water partition coefficient (Wildman–Crippen LogP) is 3.75. The summed E-state index contributed by atoms with van der Waals surface area (Å²) in [6, 6.07) is 5.73. The first-order valence-electron chi connectivity index (χ1n) is 5.67. The summed E-state index contributed by atoms with van der Waals surface area (Å²) in [6.45, 7) is 3.55. The van der Waals surface area contributed by atoms with Gasteiger partial charge in [0.05, 0.1) is 16.8 Å². The Morgan fingerprint density at radius 1 is 1.50 bits per heavy atom. The normalized spacial score (nSPS) is 10.8. The van der Waals surface area contributed by atoms with E-state index >= 15 is 0 Å². The van der Waals surface area contributed by atoms with Crippen LogP contribution in [0.25, 0.3) is 0 Å². The lowest BCUT2D eigenvalue weighted by molar-refractivity contribution is -0.123. The molecule has 18 heavy (non-hydrogen) atoms. The van der Waals surface area contributed by atoms with Crippen molar-refractivity contribution >= 4 is 23.2 Å². The SMILES string of the molecule is CCC(C#N)(CC)C(=O)Nc1ccc(F)cc1Cl. The minimum Gasteiger partial charge on any atom is -0.323 e. The maximum atomic E-state index is 12.9. The number of carbonyl (C=O) groups excluding carboxylic acids is 1. The maximum Gasteiger partial charge on any atom is 0.244 e. The molecule has 1 aromatic carbocycles. The number of nitriles is 1. The molecule has 1 amide bonds. The fraction of sp³-hybridized carbons (Fsp3) is 0.385. The number of carbonyl (C=O) groups is 1. The number of nitrogens with one attached hydrogen (secondary N) is 1. The Balaban J connectivity index is 2.97. The van der Waals surface area contributed by atoms with Crippen LogP contribution in [0.1, 0.15) is 26.7 Å². The largest absolute Gasteiger partial charge is 0.323 e. The molecule has 1 N–H and O–H groups in total. The smallest absolute Gasteiger partial charge is 0.244 e. The van der Waals surface area contributed by atoms with Crippen molar-refractivity contribution in [1.82, 2.24) is 0 Å². The molecule has 0 aliphatic carbocycles. The molecule has 0 atom stereocenters. The van der Waals surface area contributed by atoms with Gasteiger partial charge in [-0.3, -0.25) is 4.79 Å². The average Bonchev–Trinajstić information content (AvgIpc) is 2.36. The van der Waals surface area contributed by atoms with Crippen molar-refractivity contribution in [2.24, 2.45) is 5.41 Å². The highest BCUT2D eigenvalue weighted by Gasteiger charge is 2.35. The van der Waals surface area contributed by atoms with Crippen molar-refractivity contribution in [2.75, 3.05) is 5.32 Å². The monoisotopic (exact) mass is 268 g/mol. The fourth-order valence-electron chi connectivity index (χ4n) is 1.61. The van der Waals surface area contributed by atoms with E-state index in [0.29, 0.717) is 18.5 Å². The standard InChI is InChI=1S/C13H14ClFN2O/c1-3-13(4-2,8-16)12(18)17-11-6-5-9(15)7-10(11)14/h5-7H,3-4H2,1-2H3,(H,17,18). The lowest BCUT2D eigenvalue weighted by atomic mass is 9.83. The highest BCUT2D eigenvalue weighted by Crippen LogP contribution is 2.29. The number of benzene rings is 1. The van der Waals surface area contributed by atoms with E-state index in [0.717, 1.165) is 6.07 Å². The Morgan fingerprint density at radius 3 is 2.56 bits per heavy atom. The number of amides is 1. The first kappa shape index (κ1) is 14.5. The Hall–Kier alpha value is -1.60. The molecule has 3 nitrogen and oxygen atoms in total. The van der Waals surface area contributed by atoms with E-state index in [9.17, 15) is 9.18 Å². The molecule has 0 saturated heterocycles. The topological polar surface area (TPSA) is 52.9 Å². The summed E-state index contributed by atoms with van der Waals surface area (Å²) >= 11 is 5.82. The Labute approximate surface area is 111 Å². The number of hydrogen-bond donors (Lipinski definition) is 1. The molecule has 0 heterocycles. The Morgan fingerprint density at radius 2 is 2.11 bits per heavy atom. The van der Waals surface area contributed by atoms with Gasteiger partial charge in [0.25, 0.3) is 0 Å². The molecule has 0 aliphatic heterocycles. The van der Waals surface area contributed by atoms with Crippen molar-refractivity contribution in [3.63, 3.8) is 0 Å². The molecule has 0 radical (unpaired) electrons. The first-order chi connectivity index (χ1) is 8.49. The maximum absolute atomic E-state index is 12.9. The van der Waals surface area contributed by atoms with Crippen LogP contribution in [0.15, 0.2) is 18.2 Å². The molecule has 1 aromatic rings. The molecule has 0 aliphatic rings. The minimum atomic E-state index is -1.07. The van der Waals surface area contributed by atoms with Crippen molar-refractivity contribution in [3.05, 3.63) is 29.0 Å². The van der Waals surface area contributed by atoms with E-state index in [1.165, 1.54) is 12.1 Å². The Bertz CT molecular complexity index is 492. The molecular formula is C13H14ClFN2O. The van der Waals surface area contributed by atoms with E-state index in [1.54, 1.807) is 13.8 Å². The van der Waals surface area contributed by atoms with Crippen LogP contribution < -0.4 is 5.32 Å². The number of hydrogen-bond acceptors (Lipinski definition) is 2. The molecule has 0 unspecified atom stereocenters. The third-order valence-corrected chi connectivity index (χ3v) is 3.35. The zero-order valence-electron chi connectivity index (χ0n) is 10.3. The third kappa shape index (κ3) is 2.80. The Kier molecular flexibility index (Phi) is 4.69. The van der Waals surface area contributed by atoms with Gasteiger partial charge in [-0.15, -0.1) is 0 Å². The van der Waals surface area contributed by atoms with Gasteiger partial charge in [0, 0.05) is 0 Å². The lowest BCUT2D eigenvalue weighted by Crippen LogP contribution is -2.34. The molecule has 5 heteroatoms. The zero-order valence-corrected chi connectivity index (χ0v) is 11.0. The molecule has 0 aromatic heterocycles. The third-order valence-electron chi connectivity index (χ3n) is 3.04. The number of anilines is 1. The van der Waals surface area contributed by atoms with Gasteiger partial charge in [0.15, 0.2) is 0 Å². The first-order valence-corrected chi connectivity index (χ1v) is 6.04. The van der Waals surface area contributed by atoms with Crippen molar-refractivity contribution in [2.45, 2.75) is 26.7 Å². The van der Waals surface area contributed by atoms with Gasteiger partial charge in [0.2, 0.25) is 5.91 Å². The van der Waals surface area contributed by atoms with Gasteiger partial charge < -0.3 is 5.32 Å². The van der Waals surface area contributed by atoms with Crippen LogP contribution in [-0.4, -0.2) is 5.91 Å². The highest BCUT2D eigenvalue weighted by molar-refractivity contribution is 6.33. The molecule has 0 fully saturated rings. The lowest BCUT2D eigenvalue weighted by Gasteiger charge is -2.22. The summed E-state index contributed by atoms with van der Waals surface area (Å²) in [6.07, 6.45) is 0.815. The summed E-state index contributed by atoms with van der Waals surface area (Å²) < 4.78 is 12.9. The number of rotatable bonds is 4. The molecule has 1 rings (SSSR count). The van der Waals surface area contributed by atoms with Crippen LogP contribution in [0, 0.1) is 22.6 Å². The van der Waals surface area contributed by atoms with Crippen molar-refractivity contribution < 1.29 is 9.18 Å². The van der Waals surface area contributed by atoms with Gasteiger partial charge >= 0.3 is 0 Å². The van der Waals surface area contributed by atoms with Crippen LogP contribution in [0.4, 0.5) is 10.1 Å². The van der Waals surface area contributed by atoms with E-state index in [-0.39, 0.29) is 5.02 Å². The van der Waals surface area contributed by atoms with Crippen LogP contribution in [-0.2, 0) is 4.79 Å². The summed E-state index contributed by atoms with van der Waals surface area (Å²) in [4.78, 5) is 12.1. The summed E-state index contributed by atoms with van der Waals surface area (Å²) in [5.74, 6) is -0.890. The quantitative estimate of drug-likeness (QED) is 0.904. The fourth-order valence-corrected chi connectivity index (χ4v) is 1.83. The summed E-state index contributed by atoms with van der Waals surface area (Å²) in [5, 5.41) is 11.8.